The predicted molar refractivity (Wildman–Crippen MR) is 127 cm³/mol. The van der Waals surface area contributed by atoms with Crippen LogP contribution in [0.3, 0.4) is 0 Å². The lowest BCUT2D eigenvalue weighted by molar-refractivity contribution is 0.319. The van der Waals surface area contributed by atoms with Gasteiger partial charge < -0.3 is 25.1 Å². The number of pyridine rings is 2. The molecule has 0 radical (unpaired) electrons. The number of hydrogen-bond acceptors (Lipinski definition) is 7. The molecule has 4 heterocycles. The molecule has 0 amide bonds. The summed E-state index contributed by atoms with van der Waals surface area (Å²) in [6, 6.07) is 5.94. The first kappa shape index (κ1) is 22.4. The lowest BCUT2D eigenvalue weighted by Gasteiger charge is -2.28. The summed E-state index contributed by atoms with van der Waals surface area (Å²) in [5.41, 5.74) is 8.25. The second-order valence-corrected chi connectivity index (χ2v) is 8.30. The molecular formula is C24H22ClF2N5O2. The Kier molecular flexibility index (Phi) is 6.21. The number of nitrogens with zero attached hydrogens (tertiary/aromatic N) is 3. The van der Waals surface area contributed by atoms with Crippen LogP contribution in [0.2, 0.25) is 5.02 Å². The van der Waals surface area contributed by atoms with E-state index < -0.39 is 11.6 Å². The molecular weight excluding hydrogens is 464 g/mol. The molecule has 0 saturated carbocycles. The highest BCUT2D eigenvalue weighted by molar-refractivity contribution is 6.31. The van der Waals surface area contributed by atoms with Gasteiger partial charge in [0.2, 0.25) is 5.75 Å². The first-order chi connectivity index (χ1) is 16.5. The van der Waals surface area contributed by atoms with Gasteiger partial charge in [0.05, 0.1) is 23.3 Å². The summed E-state index contributed by atoms with van der Waals surface area (Å²) in [5.74, 6) is -0.0159. The van der Waals surface area contributed by atoms with Crippen molar-refractivity contribution in [1.29, 1.82) is 0 Å². The van der Waals surface area contributed by atoms with Crippen molar-refractivity contribution in [3.63, 3.8) is 0 Å². The number of benzene rings is 1. The summed E-state index contributed by atoms with van der Waals surface area (Å²) in [6.45, 7) is 3.59. The minimum absolute atomic E-state index is 0.00349. The van der Waals surface area contributed by atoms with E-state index in [1.807, 2.05) is 12.1 Å². The zero-order chi connectivity index (χ0) is 23.7. The molecule has 5 rings (SSSR count). The number of nitrogens with two attached hydrogens (primary N) is 1. The van der Waals surface area contributed by atoms with Gasteiger partial charge in [-0.1, -0.05) is 11.6 Å². The van der Waals surface area contributed by atoms with Crippen LogP contribution in [0, 0.1) is 11.6 Å². The van der Waals surface area contributed by atoms with Crippen molar-refractivity contribution in [1.82, 2.24) is 15.3 Å². The van der Waals surface area contributed by atoms with Gasteiger partial charge in [-0.2, -0.15) is 0 Å². The number of nitrogens with one attached hydrogen (secondary N) is 1. The van der Waals surface area contributed by atoms with E-state index in [2.05, 4.69) is 20.2 Å². The highest BCUT2D eigenvalue weighted by Crippen LogP contribution is 2.38. The number of hydrogen-bond donors (Lipinski definition) is 2. The van der Waals surface area contributed by atoms with Gasteiger partial charge in [0.15, 0.2) is 11.4 Å². The Morgan fingerprint density at radius 1 is 1.15 bits per heavy atom. The van der Waals surface area contributed by atoms with Crippen LogP contribution < -0.4 is 20.7 Å². The molecule has 0 spiro atoms. The van der Waals surface area contributed by atoms with Gasteiger partial charge in [0.1, 0.15) is 17.5 Å². The van der Waals surface area contributed by atoms with Crippen LogP contribution in [0.15, 0.2) is 47.3 Å². The van der Waals surface area contributed by atoms with Gasteiger partial charge in [-0.15, -0.1) is 0 Å². The molecule has 0 atom stereocenters. The number of aromatic nitrogens is 2. The topological polar surface area (TPSA) is 89.4 Å². The third-order valence-electron chi connectivity index (χ3n) is 5.84. The number of furan rings is 1. The van der Waals surface area contributed by atoms with Crippen LogP contribution in [0.5, 0.6) is 5.75 Å². The van der Waals surface area contributed by atoms with E-state index in [1.54, 1.807) is 18.7 Å². The molecule has 1 aliphatic heterocycles. The van der Waals surface area contributed by atoms with Crippen molar-refractivity contribution in [2.24, 2.45) is 0 Å². The maximum atomic E-state index is 14.1. The van der Waals surface area contributed by atoms with E-state index in [0.717, 1.165) is 60.6 Å². The maximum absolute atomic E-state index is 14.1. The van der Waals surface area contributed by atoms with Gasteiger partial charge in [-0.3, -0.25) is 0 Å². The van der Waals surface area contributed by atoms with Gasteiger partial charge in [0, 0.05) is 56.1 Å². The predicted octanol–water partition coefficient (Wildman–Crippen LogP) is 4.43. The van der Waals surface area contributed by atoms with Crippen LogP contribution in [0.1, 0.15) is 5.56 Å². The Balaban J connectivity index is 1.41. The normalized spacial score (nSPS) is 14.0. The Morgan fingerprint density at radius 2 is 1.94 bits per heavy atom. The quantitative estimate of drug-likeness (QED) is 0.390. The largest absolute Gasteiger partial charge is 0.486 e. The summed E-state index contributed by atoms with van der Waals surface area (Å²) in [6.07, 6.45) is 5.07. The third kappa shape index (κ3) is 4.24. The fraction of sp³-hybridized carbons (Fsp3) is 0.250. The summed E-state index contributed by atoms with van der Waals surface area (Å²) >= 11 is 5.91. The molecule has 10 heteroatoms. The molecule has 4 aromatic rings. The van der Waals surface area contributed by atoms with Crippen LogP contribution >= 0.6 is 11.6 Å². The number of fused-ring (bicyclic) bond motifs is 1. The second-order valence-electron chi connectivity index (χ2n) is 7.92. The minimum atomic E-state index is -0.686. The number of halogens is 3. The summed E-state index contributed by atoms with van der Waals surface area (Å²) in [7, 11) is 0. The van der Waals surface area contributed by atoms with Gasteiger partial charge >= 0.3 is 0 Å². The Labute approximate surface area is 199 Å². The second kappa shape index (κ2) is 9.44. The van der Waals surface area contributed by atoms with Crippen molar-refractivity contribution < 1.29 is 17.9 Å². The number of nitrogen functional groups attached to an aromatic ring is 1. The van der Waals surface area contributed by atoms with Crippen LogP contribution in [0.25, 0.3) is 22.1 Å². The average molecular weight is 486 g/mol. The zero-order valence-electron chi connectivity index (χ0n) is 18.2. The van der Waals surface area contributed by atoms with Gasteiger partial charge in [-0.05, 0) is 29.8 Å². The van der Waals surface area contributed by atoms with Crippen molar-refractivity contribution in [2.45, 2.75) is 6.42 Å². The molecule has 1 saturated heterocycles. The highest BCUT2D eigenvalue weighted by Gasteiger charge is 2.19. The van der Waals surface area contributed by atoms with Gasteiger partial charge in [0.25, 0.3) is 0 Å². The molecule has 3 aromatic heterocycles. The molecule has 0 unspecified atom stereocenters. The minimum Gasteiger partial charge on any atom is -0.486 e. The van der Waals surface area contributed by atoms with Crippen molar-refractivity contribution in [3.8, 4) is 16.9 Å². The smallest absolute Gasteiger partial charge is 0.205 e. The Bertz CT molecular complexity index is 1340. The lowest BCUT2D eigenvalue weighted by Crippen LogP contribution is -2.43. The SMILES string of the molecule is Nc1ncc2c(-c3ccnc(N4CCNCC4)c3)coc2c1OCCc1c(F)ccc(F)c1Cl. The van der Waals surface area contributed by atoms with E-state index in [9.17, 15) is 8.78 Å². The molecule has 0 aliphatic carbocycles. The molecule has 1 fully saturated rings. The van der Waals surface area contributed by atoms with E-state index in [0.29, 0.717) is 5.58 Å². The van der Waals surface area contributed by atoms with E-state index in [1.165, 1.54) is 0 Å². The molecule has 1 aromatic carbocycles. The van der Waals surface area contributed by atoms with Crippen molar-refractivity contribution >= 4 is 34.2 Å². The fourth-order valence-corrected chi connectivity index (χ4v) is 4.30. The number of anilines is 2. The highest BCUT2D eigenvalue weighted by atomic mass is 35.5. The van der Waals surface area contributed by atoms with Crippen molar-refractivity contribution in [3.05, 3.63) is 65.1 Å². The van der Waals surface area contributed by atoms with Crippen molar-refractivity contribution in [2.75, 3.05) is 43.4 Å². The first-order valence-electron chi connectivity index (χ1n) is 10.9. The Morgan fingerprint density at radius 3 is 2.76 bits per heavy atom. The number of piperazine rings is 1. The summed E-state index contributed by atoms with van der Waals surface area (Å²) < 4.78 is 39.4. The first-order valence-corrected chi connectivity index (χ1v) is 11.2. The molecule has 0 bridgehead atoms. The molecule has 3 N–H and O–H groups in total. The number of ether oxygens (including phenoxy) is 1. The zero-order valence-corrected chi connectivity index (χ0v) is 18.9. The standard InChI is InChI=1S/C24H22ClF2N5O2/c25-21-15(18(26)1-2-19(21)27)4-10-33-23-22-16(12-31-24(23)28)17(13-34-22)14-3-5-30-20(11-14)32-8-6-29-7-9-32/h1-3,5,11-13,29H,4,6-10H2,(H2,28,31). The molecule has 1 aliphatic rings. The third-order valence-corrected chi connectivity index (χ3v) is 6.24. The van der Waals surface area contributed by atoms with Crippen LogP contribution in [-0.4, -0.2) is 42.8 Å². The van der Waals surface area contributed by atoms with Gasteiger partial charge in [-0.25, -0.2) is 18.7 Å². The lowest BCUT2D eigenvalue weighted by atomic mass is 10.1. The van der Waals surface area contributed by atoms with Crippen LogP contribution in [-0.2, 0) is 6.42 Å². The summed E-state index contributed by atoms with van der Waals surface area (Å²) in [5, 5.41) is 3.79. The Hall–Kier alpha value is -3.43. The fourth-order valence-electron chi connectivity index (χ4n) is 4.05. The molecule has 34 heavy (non-hydrogen) atoms. The van der Waals surface area contributed by atoms with E-state index >= 15 is 0 Å². The monoisotopic (exact) mass is 485 g/mol. The summed E-state index contributed by atoms with van der Waals surface area (Å²) in [4.78, 5) is 11.0. The maximum Gasteiger partial charge on any atom is 0.205 e. The van der Waals surface area contributed by atoms with Crippen LogP contribution in [0.4, 0.5) is 20.4 Å². The molecule has 7 nitrogen and oxygen atoms in total. The van der Waals surface area contributed by atoms with E-state index in [4.69, 9.17) is 26.5 Å². The average Bonchev–Trinajstić information content (AvgIpc) is 3.30. The number of rotatable bonds is 6. The molecule has 176 valence electrons. The van der Waals surface area contributed by atoms with E-state index in [-0.39, 0.29) is 35.2 Å².